The first-order valence-electron chi connectivity index (χ1n) is 7.82. The lowest BCUT2D eigenvalue weighted by molar-refractivity contribution is -0.137. The van der Waals surface area contributed by atoms with Crippen LogP contribution in [-0.4, -0.2) is 17.8 Å². The van der Waals surface area contributed by atoms with Crippen LogP contribution in [0.2, 0.25) is 0 Å². The quantitative estimate of drug-likeness (QED) is 0.719. The molecule has 6 nitrogen and oxygen atoms in total. The number of hydrogen-bond donors (Lipinski definition) is 3. The van der Waals surface area contributed by atoms with Crippen molar-refractivity contribution in [2.24, 2.45) is 0 Å². The van der Waals surface area contributed by atoms with Gasteiger partial charge in [-0.25, -0.2) is 4.79 Å². The van der Waals surface area contributed by atoms with E-state index in [4.69, 9.17) is 0 Å². The zero-order chi connectivity index (χ0) is 19.8. The van der Waals surface area contributed by atoms with Crippen molar-refractivity contribution in [1.82, 2.24) is 10.6 Å². The molecule has 1 saturated heterocycles. The Balaban J connectivity index is 1.79. The predicted octanol–water partition coefficient (Wildman–Crippen LogP) is 3.01. The molecule has 0 bridgehead atoms. The Morgan fingerprint density at radius 2 is 1.74 bits per heavy atom. The topological polar surface area (TPSA) is 87.3 Å². The summed E-state index contributed by atoms with van der Waals surface area (Å²) in [4.78, 5) is 35.7. The largest absolute Gasteiger partial charge is 0.416 e. The van der Waals surface area contributed by atoms with Gasteiger partial charge >= 0.3 is 12.2 Å². The van der Waals surface area contributed by atoms with E-state index < -0.39 is 35.1 Å². The van der Waals surface area contributed by atoms with Gasteiger partial charge in [-0.2, -0.15) is 13.2 Å². The summed E-state index contributed by atoms with van der Waals surface area (Å²) in [7, 11) is 0. The third-order valence-electron chi connectivity index (χ3n) is 4.22. The molecule has 1 unspecified atom stereocenters. The average molecular weight is 377 g/mol. The number of rotatable bonds is 3. The average Bonchev–Trinajstić information content (AvgIpc) is 2.87. The van der Waals surface area contributed by atoms with E-state index in [1.807, 2.05) is 0 Å². The van der Waals surface area contributed by atoms with E-state index >= 15 is 0 Å². The van der Waals surface area contributed by atoms with Crippen LogP contribution in [0.3, 0.4) is 0 Å². The molecule has 4 amide bonds. The van der Waals surface area contributed by atoms with Gasteiger partial charge < -0.3 is 10.6 Å². The van der Waals surface area contributed by atoms with Gasteiger partial charge in [-0.15, -0.1) is 0 Å². The molecule has 1 aliphatic rings. The lowest BCUT2D eigenvalue weighted by Gasteiger charge is -2.21. The molecule has 1 heterocycles. The van der Waals surface area contributed by atoms with Gasteiger partial charge in [0, 0.05) is 11.3 Å². The smallest absolute Gasteiger partial charge is 0.322 e. The fourth-order valence-corrected chi connectivity index (χ4v) is 2.67. The number of nitrogens with one attached hydrogen (secondary N) is 3. The number of amides is 4. The summed E-state index contributed by atoms with van der Waals surface area (Å²) >= 11 is 0. The Bertz CT molecular complexity index is 925. The maximum Gasteiger partial charge on any atom is 0.416 e. The Hall–Kier alpha value is -3.36. The molecule has 27 heavy (non-hydrogen) atoms. The summed E-state index contributed by atoms with van der Waals surface area (Å²) in [5, 5.41) is 7.21. The third-order valence-corrected chi connectivity index (χ3v) is 4.22. The van der Waals surface area contributed by atoms with Gasteiger partial charge in [-0.05, 0) is 48.9 Å². The van der Waals surface area contributed by atoms with Crippen LogP contribution in [0.4, 0.5) is 23.7 Å². The number of anilines is 1. The molecular formula is C18H14F3N3O3. The third kappa shape index (κ3) is 3.62. The second kappa shape index (κ2) is 6.42. The number of hydrogen-bond acceptors (Lipinski definition) is 3. The van der Waals surface area contributed by atoms with Gasteiger partial charge in [0.15, 0.2) is 0 Å². The van der Waals surface area contributed by atoms with E-state index in [1.54, 1.807) is 18.2 Å². The first-order chi connectivity index (χ1) is 12.6. The van der Waals surface area contributed by atoms with Crippen molar-refractivity contribution < 1.29 is 27.6 Å². The second-order valence-corrected chi connectivity index (χ2v) is 6.14. The second-order valence-electron chi connectivity index (χ2n) is 6.14. The van der Waals surface area contributed by atoms with Crippen LogP contribution in [-0.2, 0) is 16.5 Å². The molecule has 140 valence electrons. The predicted molar refractivity (Wildman–Crippen MR) is 89.9 cm³/mol. The summed E-state index contributed by atoms with van der Waals surface area (Å²) in [6.07, 6.45) is -4.48. The van der Waals surface area contributed by atoms with Crippen LogP contribution in [0.25, 0.3) is 0 Å². The van der Waals surface area contributed by atoms with E-state index in [2.05, 4.69) is 16.0 Å². The van der Waals surface area contributed by atoms with Crippen LogP contribution in [0.15, 0.2) is 48.5 Å². The van der Waals surface area contributed by atoms with Gasteiger partial charge in [0.25, 0.3) is 11.8 Å². The minimum Gasteiger partial charge on any atom is -0.322 e. The number of alkyl halides is 3. The zero-order valence-corrected chi connectivity index (χ0v) is 14.0. The molecule has 3 rings (SSSR count). The number of halogens is 3. The van der Waals surface area contributed by atoms with Crippen LogP contribution >= 0.6 is 0 Å². The van der Waals surface area contributed by atoms with Crippen LogP contribution in [0.1, 0.15) is 28.4 Å². The molecule has 2 aromatic carbocycles. The molecule has 2 aromatic rings. The first-order valence-corrected chi connectivity index (χ1v) is 7.82. The summed E-state index contributed by atoms with van der Waals surface area (Å²) in [5.74, 6) is -1.13. The summed E-state index contributed by atoms with van der Waals surface area (Å²) in [5.41, 5.74) is -1.32. The van der Waals surface area contributed by atoms with E-state index in [9.17, 15) is 27.6 Å². The summed E-state index contributed by atoms with van der Waals surface area (Å²) in [6.45, 7) is 1.52. The fraction of sp³-hybridized carbons (Fsp3) is 0.167. The first kappa shape index (κ1) is 18.4. The Morgan fingerprint density at radius 3 is 2.30 bits per heavy atom. The van der Waals surface area contributed by atoms with Crippen molar-refractivity contribution >= 4 is 23.5 Å². The van der Waals surface area contributed by atoms with Crippen molar-refractivity contribution in [3.63, 3.8) is 0 Å². The highest BCUT2D eigenvalue weighted by Crippen LogP contribution is 2.29. The molecule has 3 N–H and O–H groups in total. The molecule has 9 heteroatoms. The molecule has 0 radical (unpaired) electrons. The fourth-order valence-electron chi connectivity index (χ4n) is 2.67. The van der Waals surface area contributed by atoms with Gasteiger partial charge in [-0.1, -0.05) is 12.1 Å². The van der Waals surface area contributed by atoms with E-state index in [0.29, 0.717) is 11.3 Å². The number of benzene rings is 2. The Labute approximate surface area is 151 Å². The summed E-state index contributed by atoms with van der Waals surface area (Å²) in [6, 6.07) is 9.44. The monoisotopic (exact) mass is 377 g/mol. The number of carbonyl (C=O) groups is 3. The molecule has 0 spiro atoms. The maximum absolute atomic E-state index is 12.6. The molecule has 1 aliphatic heterocycles. The van der Waals surface area contributed by atoms with Crippen molar-refractivity contribution in [1.29, 1.82) is 0 Å². The normalized spacial score (nSPS) is 19.4. The lowest BCUT2D eigenvalue weighted by atomic mass is 9.92. The van der Waals surface area contributed by atoms with Crippen molar-refractivity contribution in [2.45, 2.75) is 18.6 Å². The van der Waals surface area contributed by atoms with Gasteiger partial charge in [-0.3, -0.25) is 14.9 Å². The van der Waals surface area contributed by atoms with Crippen molar-refractivity contribution in [3.05, 3.63) is 65.2 Å². The van der Waals surface area contributed by atoms with Crippen LogP contribution in [0.5, 0.6) is 0 Å². The van der Waals surface area contributed by atoms with Crippen molar-refractivity contribution in [3.8, 4) is 0 Å². The number of urea groups is 1. The van der Waals surface area contributed by atoms with Gasteiger partial charge in [0.2, 0.25) is 0 Å². The van der Waals surface area contributed by atoms with Crippen LogP contribution in [0, 0.1) is 0 Å². The van der Waals surface area contributed by atoms with E-state index in [1.165, 1.54) is 13.0 Å². The van der Waals surface area contributed by atoms with Gasteiger partial charge in [0.1, 0.15) is 5.54 Å². The highest BCUT2D eigenvalue weighted by atomic mass is 19.4. The molecule has 0 aliphatic carbocycles. The maximum atomic E-state index is 12.6. The zero-order valence-electron chi connectivity index (χ0n) is 14.0. The van der Waals surface area contributed by atoms with Gasteiger partial charge in [0.05, 0.1) is 5.56 Å². The minimum atomic E-state index is -4.48. The molecule has 0 aromatic heterocycles. The van der Waals surface area contributed by atoms with E-state index in [-0.39, 0.29) is 5.56 Å². The highest BCUT2D eigenvalue weighted by molar-refractivity contribution is 6.07. The molecular weight excluding hydrogens is 363 g/mol. The standard InChI is InChI=1S/C18H14F3N3O3/c1-17(15(26)23-16(27)24-17)12-3-2-4-13(9-12)22-14(25)10-5-7-11(8-6-10)18(19,20)21/h2-9H,1H3,(H,22,25)(H2,23,24,26,27). The van der Waals surface area contributed by atoms with E-state index in [0.717, 1.165) is 24.3 Å². The Morgan fingerprint density at radius 1 is 1.07 bits per heavy atom. The number of carbonyl (C=O) groups excluding carboxylic acids is 3. The SMILES string of the molecule is CC1(c2cccc(NC(=O)c3ccc(C(F)(F)F)cc3)c2)NC(=O)NC1=O. The minimum absolute atomic E-state index is 0.0477. The Kier molecular flexibility index (Phi) is 4.38. The summed E-state index contributed by atoms with van der Waals surface area (Å²) < 4.78 is 37.8. The number of imide groups is 1. The van der Waals surface area contributed by atoms with Crippen molar-refractivity contribution in [2.75, 3.05) is 5.32 Å². The molecule has 0 saturated carbocycles. The molecule has 1 fully saturated rings. The lowest BCUT2D eigenvalue weighted by Crippen LogP contribution is -2.40. The molecule has 1 atom stereocenters. The highest BCUT2D eigenvalue weighted by Gasteiger charge is 2.43. The van der Waals surface area contributed by atoms with Crippen LogP contribution < -0.4 is 16.0 Å².